The van der Waals surface area contributed by atoms with Gasteiger partial charge in [0, 0.05) is 61.8 Å². The van der Waals surface area contributed by atoms with Crippen LogP contribution in [0.15, 0.2) is 113 Å². The highest BCUT2D eigenvalue weighted by Gasteiger charge is 2.37. The molecule has 242 valence electrons. The number of piperazine rings is 1. The molecule has 0 amide bonds. The predicted octanol–water partition coefficient (Wildman–Crippen LogP) is 5.71. The van der Waals surface area contributed by atoms with Crippen LogP contribution in [0, 0.1) is 10.1 Å². The number of nitrogens with zero attached hydrogens (tertiary/aromatic N) is 5. The molecule has 2 aliphatic rings. The third kappa shape index (κ3) is 7.16. The maximum Gasteiger partial charge on any atom is 0.336 e. The van der Waals surface area contributed by atoms with Crippen molar-refractivity contribution in [3.8, 4) is 0 Å². The number of nitro benzene ring substituents is 1. The molecule has 3 aromatic carbocycles. The van der Waals surface area contributed by atoms with E-state index in [1.54, 1.807) is 19.1 Å². The second-order valence-corrected chi connectivity index (χ2v) is 11.8. The van der Waals surface area contributed by atoms with Crippen LogP contribution in [0.4, 0.5) is 5.69 Å². The third-order valence-corrected chi connectivity index (χ3v) is 8.84. The van der Waals surface area contributed by atoms with Gasteiger partial charge in [0.25, 0.3) is 5.69 Å². The van der Waals surface area contributed by atoms with Crippen LogP contribution in [0.2, 0.25) is 0 Å². The number of nitrogens with one attached hydrogen (secondary N) is 1. The van der Waals surface area contributed by atoms with E-state index in [4.69, 9.17) is 9.15 Å². The number of carbonyl (C=O) groups is 1. The normalized spacial score (nSPS) is 17.6. The summed E-state index contributed by atoms with van der Waals surface area (Å²) in [4.78, 5) is 29.8. The summed E-state index contributed by atoms with van der Waals surface area (Å²) in [6, 6.07) is 27.7. The molecule has 3 heterocycles. The van der Waals surface area contributed by atoms with Crippen molar-refractivity contribution < 1.29 is 18.9 Å². The van der Waals surface area contributed by atoms with Crippen molar-refractivity contribution >= 4 is 17.2 Å². The van der Waals surface area contributed by atoms with E-state index in [1.807, 2.05) is 6.92 Å². The molecule has 0 radical (unpaired) electrons. The Labute approximate surface area is 273 Å². The zero-order valence-electron chi connectivity index (χ0n) is 26.5. The lowest BCUT2D eigenvalue weighted by molar-refractivity contribution is -0.384. The highest BCUT2D eigenvalue weighted by molar-refractivity contribution is 5.97. The number of esters is 1. The maximum absolute atomic E-state index is 13.7. The van der Waals surface area contributed by atoms with Crippen LogP contribution in [0.5, 0.6) is 0 Å². The molecule has 1 saturated heterocycles. The zero-order valence-corrected chi connectivity index (χ0v) is 26.5. The molecule has 1 atom stereocenters. The molecule has 0 spiro atoms. The first-order chi connectivity index (χ1) is 22.9. The molecule has 0 aliphatic carbocycles. The summed E-state index contributed by atoms with van der Waals surface area (Å²) in [7, 11) is 0. The molecule has 0 bridgehead atoms. The number of nitro groups is 1. The molecule has 11 nitrogen and oxygen atoms in total. The molecule has 1 fully saturated rings. The number of hydrogen-bond acceptors (Lipinski definition) is 10. The standard InChI is InChI=1S/C36H38N6O5/c1-25-31(35-39-37-24-47-35)33(29-15-9-16-30(23-29)42(44)45)32(26(2)38-25)36(43)46-22-10-17-40-18-20-41(21-19-40)34(27-11-5-3-6-12-27)28-13-7-4-8-14-28/h3-9,11-16,23-24,33-34,38H,10,17-22H2,1-2H3. The van der Waals surface area contributed by atoms with Crippen LogP contribution in [-0.4, -0.2) is 70.2 Å². The average molecular weight is 635 g/mol. The van der Waals surface area contributed by atoms with Gasteiger partial charge in [0.05, 0.1) is 29.1 Å². The van der Waals surface area contributed by atoms with Crippen molar-refractivity contribution in [2.24, 2.45) is 0 Å². The number of aromatic nitrogens is 2. The monoisotopic (exact) mass is 634 g/mol. The van der Waals surface area contributed by atoms with Crippen LogP contribution in [0.3, 0.4) is 0 Å². The van der Waals surface area contributed by atoms with Gasteiger partial charge in [-0.1, -0.05) is 72.8 Å². The second kappa shape index (κ2) is 14.5. The molecular weight excluding hydrogens is 596 g/mol. The van der Waals surface area contributed by atoms with Crippen LogP contribution >= 0.6 is 0 Å². The van der Waals surface area contributed by atoms with Gasteiger partial charge < -0.3 is 19.4 Å². The topological polar surface area (TPSA) is 127 Å². The first-order valence-electron chi connectivity index (χ1n) is 15.8. The largest absolute Gasteiger partial charge is 0.462 e. The quantitative estimate of drug-likeness (QED) is 0.0949. The highest BCUT2D eigenvalue weighted by Crippen LogP contribution is 2.43. The number of hydrogen-bond donors (Lipinski definition) is 1. The number of non-ortho nitro benzene ring substituents is 1. The van der Waals surface area contributed by atoms with E-state index in [9.17, 15) is 14.9 Å². The summed E-state index contributed by atoms with van der Waals surface area (Å²) in [5, 5.41) is 22.8. The first kappa shape index (κ1) is 31.8. The molecular formula is C36H38N6O5. The van der Waals surface area contributed by atoms with Crippen molar-refractivity contribution in [1.29, 1.82) is 0 Å². The number of dihydropyridines is 1. The van der Waals surface area contributed by atoms with E-state index >= 15 is 0 Å². The van der Waals surface area contributed by atoms with E-state index in [0.717, 1.165) is 32.7 Å². The zero-order chi connectivity index (χ0) is 32.8. The van der Waals surface area contributed by atoms with Gasteiger partial charge in [0.15, 0.2) is 0 Å². The fourth-order valence-corrected chi connectivity index (χ4v) is 6.65. The summed E-state index contributed by atoms with van der Waals surface area (Å²) in [5.74, 6) is -0.959. The van der Waals surface area contributed by atoms with Crippen LogP contribution in [0.25, 0.3) is 5.57 Å². The fraction of sp³-hybridized carbons (Fsp3) is 0.306. The van der Waals surface area contributed by atoms with Crippen molar-refractivity contribution in [3.05, 3.63) is 141 Å². The maximum atomic E-state index is 13.7. The predicted molar refractivity (Wildman–Crippen MR) is 177 cm³/mol. The summed E-state index contributed by atoms with van der Waals surface area (Å²) < 4.78 is 11.4. The minimum atomic E-state index is -0.695. The average Bonchev–Trinajstić information content (AvgIpc) is 3.63. The summed E-state index contributed by atoms with van der Waals surface area (Å²) in [6.07, 6.45) is 1.89. The van der Waals surface area contributed by atoms with Gasteiger partial charge in [-0.25, -0.2) is 4.79 Å². The van der Waals surface area contributed by atoms with Crippen LogP contribution in [-0.2, 0) is 9.53 Å². The van der Waals surface area contributed by atoms with E-state index in [-0.39, 0.29) is 24.2 Å². The molecule has 1 N–H and O–H groups in total. The molecule has 2 aliphatic heterocycles. The van der Waals surface area contributed by atoms with Crippen LogP contribution < -0.4 is 5.32 Å². The molecule has 0 saturated carbocycles. The Morgan fingerprint density at radius 1 is 0.979 bits per heavy atom. The van der Waals surface area contributed by atoms with Crippen molar-refractivity contribution in [3.63, 3.8) is 0 Å². The lowest BCUT2D eigenvalue weighted by Crippen LogP contribution is -2.48. The van der Waals surface area contributed by atoms with Crippen molar-refractivity contribution in [2.45, 2.75) is 32.2 Å². The minimum Gasteiger partial charge on any atom is -0.462 e. The summed E-state index contributed by atoms with van der Waals surface area (Å²) >= 11 is 0. The Morgan fingerprint density at radius 2 is 1.66 bits per heavy atom. The van der Waals surface area contributed by atoms with E-state index < -0.39 is 16.8 Å². The number of carbonyl (C=O) groups excluding carboxylic acids is 1. The van der Waals surface area contributed by atoms with E-state index in [0.29, 0.717) is 34.5 Å². The van der Waals surface area contributed by atoms with Gasteiger partial charge in [-0.15, -0.1) is 10.2 Å². The Morgan fingerprint density at radius 3 is 2.28 bits per heavy atom. The molecule has 1 aromatic heterocycles. The Hall–Kier alpha value is -5.13. The van der Waals surface area contributed by atoms with Gasteiger partial charge in [-0.3, -0.25) is 15.0 Å². The molecule has 47 heavy (non-hydrogen) atoms. The lowest BCUT2D eigenvalue weighted by Gasteiger charge is -2.39. The molecule has 11 heteroatoms. The van der Waals surface area contributed by atoms with Gasteiger partial charge in [0.2, 0.25) is 12.3 Å². The molecule has 4 aromatic rings. The fourth-order valence-electron chi connectivity index (χ4n) is 6.65. The Kier molecular flexibility index (Phi) is 9.84. The Bertz CT molecular complexity index is 1710. The highest BCUT2D eigenvalue weighted by atomic mass is 16.6. The van der Waals surface area contributed by atoms with Gasteiger partial charge >= 0.3 is 5.97 Å². The van der Waals surface area contributed by atoms with Crippen molar-refractivity contribution in [1.82, 2.24) is 25.3 Å². The van der Waals surface area contributed by atoms with Gasteiger partial charge in [0.1, 0.15) is 0 Å². The third-order valence-electron chi connectivity index (χ3n) is 8.84. The lowest BCUT2D eigenvalue weighted by atomic mass is 9.80. The summed E-state index contributed by atoms with van der Waals surface area (Å²) in [6.45, 7) is 8.40. The van der Waals surface area contributed by atoms with Gasteiger partial charge in [-0.05, 0) is 37.0 Å². The van der Waals surface area contributed by atoms with E-state index in [1.165, 1.54) is 29.7 Å². The van der Waals surface area contributed by atoms with Gasteiger partial charge in [-0.2, -0.15) is 0 Å². The SMILES string of the molecule is CC1=C(C(=O)OCCCN2CCN(C(c3ccccc3)c3ccccc3)CC2)C(c2cccc([N+](=O)[O-])c2)C(c2nnco2)=C(C)N1. The molecule has 6 rings (SSSR count). The Balaban J connectivity index is 1.09. The van der Waals surface area contributed by atoms with Crippen molar-refractivity contribution in [2.75, 3.05) is 39.3 Å². The number of benzene rings is 3. The minimum absolute atomic E-state index is 0.0760. The summed E-state index contributed by atoms with van der Waals surface area (Å²) in [5.41, 5.74) is 5.30. The van der Waals surface area contributed by atoms with E-state index in [2.05, 4.69) is 86.0 Å². The smallest absolute Gasteiger partial charge is 0.336 e. The number of rotatable bonds is 11. The molecule has 1 unspecified atom stereocenters. The first-order valence-corrected chi connectivity index (χ1v) is 15.8. The number of ether oxygens (including phenoxy) is 1. The van der Waals surface area contributed by atoms with Crippen LogP contribution in [0.1, 0.15) is 54.8 Å². The second-order valence-electron chi connectivity index (χ2n) is 11.8. The number of allylic oxidation sites excluding steroid dienone is 3.